The van der Waals surface area contributed by atoms with E-state index in [0.29, 0.717) is 0 Å². The fourth-order valence-corrected chi connectivity index (χ4v) is 1.40. The highest BCUT2D eigenvalue weighted by molar-refractivity contribution is 8.00. The number of hydrogen-bond donors (Lipinski definition) is 0. The summed E-state index contributed by atoms with van der Waals surface area (Å²) in [5, 5.41) is 0. The Hall–Kier alpha value is -0.910. The predicted octanol–water partition coefficient (Wildman–Crippen LogP) is 2.00. The zero-order chi connectivity index (χ0) is 10.1. The number of hydrogen-bond acceptors (Lipinski definition) is 2. The average Bonchev–Trinajstić information content (AvgIpc) is 1.96. The van der Waals surface area contributed by atoms with E-state index in [4.69, 9.17) is 0 Å². The van der Waals surface area contributed by atoms with Crippen molar-refractivity contribution in [1.82, 2.24) is 4.57 Å². The molecule has 0 fully saturated rings. The van der Waals surface area contributed by atoms with E-state index in [1.54, 1.807) is 0 Å². The standard InChI is InChI=1S/C7H6F3NOS/c1-11-4-2-3-5(6(11)12)13-7(8,9)10/h2-4H,1H3. The van der Waals surface area contributed by atoms with Gasteiger partial charge >= 0.3 is 5.51 Å². The van der Waals surface area contributed by atoms with Gasteiger partial charge in [-0.1, -0.05) is 0 Å². The molecule has 0 saturated heterocycles. The molecule has 13 heavy (non-hydrogen) atoms. The molecule has 0 saturated carbocycles. The smallest absolute Gasteiger partial charge is 0.318 e. The van der Waals surface area contributed by atoms with Crippen LogP contribution in [0.2, 0.25) is 0 Å². The topological polar surface area (TPSA) is 22.0 Å². The van der Waals surface area contributed by atoms with Gasteiger partial charge in [0.1, 0.15) is 0 Å². The Balaban J connectivity index is 3.03. The minimum Gasteiger partial charge on any atom is -0.318 e. The second kappa shape index (κ2) is 3.45. The maximum atomic E-state index is 11.9. The maximum Gasteiger partial charge on any atom is 0.446 e. The lowest BCUT2D eigenvalue weighted by molar-refractivity contribution is -0.0328. The summed E-state index contributed by atoms with van der Waals surface area (Å²) in [5.41, 5.74) is -5.04. The number of halogens is 3. The van der Waals surface area contributed by atoms with Crippen LogP contribution in [0.15, 0.2) is 28.0 Å². The first-order valence-electron chi connectivity index (χ1n) is 3.31. The van der Waals surface area contributed by atoms with Crippen molar-refractivity contribution in [2.75, 3.05) is 0 Å². The molecule has 1 heterocycles. The fourth-order valence-electron chi connectivity index (χ4n) is 0.775. The second-order valence-electron chi connectivity index (χ2n) is 2.34. The first-order chi connectivity index (χ1) is 5.90. The van der Waals surface area contributed by atoms with Crippen molar-refractivity contribution < 1.29 is 13.2 Å². The predicted molar refractivity (Wildman–Crippen MR) is 43.6 cm³/mol. The Morgan fingerprint density at radius 3 is 2.62 bits per heavy atom. The van der Waals surface area contributed by atoms with E-state index in [-0.39, 0.29) is 4.90 Å². The van der Waals surface area contributed by atoms with E-state index in [0.717, 1.165) is 10.6 Å². The fraction of sp³-hybridized carbons (Fsp3) is 0.286. The van der Waals surface area contributed by atoms with Gasteiger partial charge in [-0.25, -0.2) is 0 Å². The molecule has 2 nitrogen and oxygen atoms in total. The van der Waals surface area contributed by atoms with Crippen molar-refractivity contribution in [2.24, 2.45) is 7.05 Å². The normalized spacial score (nSPS) is 11.7. The van der Waals surface area contributed by atoms with E-state index in [2.05, 4.69) is 0 Å². The number of alkyl halides is 3. The summed E-state index contributed by atoms with van der Waals surface area (Å²) in [6.45, 7) is 0. The highest BCUT2D eigenvalue weighted by Crippen LogP contribution is 2.34. The summed E-state index contributed by atoms with van der Waals surface area (Å²) in [5.74, 6) is 0. The third-order valence-corrected chi connectivity index (χ3v) is 2.08. The van der Waals surface area contributed by atoms with E-state index < -0.39 is 22.8 Å². The number of aryl methyl sites for hydroxylation is 1. The monoisotopic (exact) mass is 209 g/mol. The van der Waals surface area contributed by atoms with E-state index in [1.165, 1.54) is 19.3 Å². The van der Waals surface area contributed by atoms with Crippen LogP contribution in [0.3, 0.4) is 0 Å². The molecule has 0 aromatic carbocycles. The molecule has 0 N–H and O–H groups in total. The Labute approximate surface area is 76.4 Å². The molecule has 0 radical (unpaired) electrons. The lowest BCUT2D eigenvalue weighted by Gasteiger charge is -2.05. The number of aromatic nitrogens is 1. The van der Waals surface area contributed by atoms with Gasteiger partial charge < -0.3 is 4.57 Å². The average molecular weight is 209 g/mol. The third kappa shape index (κ3) is 2.80. The van der Waals surface area contributed by atoms with Crippen molar-refractivity contribution >= 4 is 11.8 Å². The summed E-state index contributed by atoms with van der Waals surface area (Å²) < 4.78 is 36.7. The minimum atomic E-state index is -4.41. The lowest BCUT2D eigenvalue weighted by atomic mass is 10.5. The van der Waals surface area contributed by atoms with Crippen LogP contribution in [0.25, 0.3) is 0 Å². The molecule has 0 bridgehead atoms. The molecule has 0 aliphatic carbocycles. The highest BCUT2D eigenvalue weighted by atomic mass is 32.2. The minimum absolute atomic E-state index is 0.308. The summed E-state index contributed by atoms with van der Waals surface area (Å²) >= 11 is -0.392. The van der Waals surface area contributed by atoms with Gasteiger partial charge in [-0.15, -0.1) is 0 Å². The number of nitrogens with zero attached hydrogens (tertiary/aromatic N) is 1. The van der Waals surface area contributed by atoms with Crippen LogP contribution >= 0.6 is 11.8 Å². The van der Waals surface area contributed by atoms with Crippen LogP contribution in [0.4, 0.5) is 13.2 Å². The molecule has 0 atom stereocenters. The largest absolute Gasteiger partial charge is 0.446 e. The first-order valence-corrected chi connectivity index (χ1v) is 4.13. The quantitative estimate of drug-likeness (QED) is 0.660. The zero-order valence-corrected chi connectivity index (χ0v) is 7.45. The molecule has 1 aromatic heterocycles. The summed E-state index contributed by atoms with van der Waals surface area (Å²) in [4.78, 5) is 10.8. The number of rotatable bonds is 1. The Morgan fingerprint density at radius 1 is 1.46 bits per heavy atom. The van der Waals surface area contributed by atoms with Crippen molar-refractivity contribution in [1.29, 1.82) is 0 Å². The third-order valence-electron chi connectivity index (χ3n) is 1.31. The van der Waals surface area contributed by atoms with E-state index >= 15 is 0 Å². The maximum absolute atomic E-state index is 11.9. The van der Waals surface area contributed by atoms with Crippen molar-refractivity contribution in [3.05, 3.63) is 28.7 Å². The molecule has 0 spiro atoms. The molecule has 6 heteroatoms. The van der Waals surface area contributed by atoms with Crippen LogP contribution < -0.4 is 5.56 Å². The summed E-state index contributed by atoms with van der Waals surface area (Å²) in [6, 6.07) is 2.55. The van der Waals surface area contributed by atoms with Crippen molar-refractivity contribution in [2.45, 2.75) is 10.4 Å². The van der Waals surface area contributed by atoms with Gasteiger partial charge in [-0.05, 0) is 23.9 Å². The molecule has 0 aliphatic heterocycles. The highest BCUT2D eigenvalue weighted by Gasteiger charge is 2.30. The molecule has 72 valence electrons. The number of pyridine rings is 1. The van der Waals surface area contributed by atoms with Crippen LogP contribution in [0.1, 0.15) is 0 Å². The SMILES string of the molecule is Cn1cccc(SC(F)(F)F)c1=O. The van der Waals surface area contributed by atoms with Crippen LogP contribution in [-0.2, 0) is 7.05 Å². The van der Waals surface area contributed by atoms with Crippen LogP contribution in [0.5, 0.6) is 0 Å². The molecular weight excluding hydrogens is 203 g/mol. The van der Waals surface area contributed by atoms with Gasteiger partial charge in [0.25, 0.3) is 5.56 Å². The number of thioether (sulfide) groups is 1. The van der Waals surface area contributed by atoms with Crippen molar-refractivity contribution in [3.8, 4) is 0 Å². The lowest BCUT2D eigenvalue weighted by Crippen LogP contribution is -2.18. The Bertz CT molecular complexity index is 357. The molecule has 0 aliphatic rings. The molecule has 1 aromatic rings. The van der Waals surface area contributed by atoms with Gasteiger partial charge in [0, 0.05) is 13.2 Å². The Morgan fingerprint density at radius 2 is 2.08 bits per heavy atom. The molecule has 0 unspecified atom stereocenters. The van der Waals surface area contributed by atoms with Crippen LogP contribution in [0, 0.1) is 0 Å². The Kier molecular flexibility index (Phi) is 2.70. The molecule has 0 amide bonds. The van der Waals surface area contributed by atoms with Crippen molar-refractivity contribution in [3.63, 3.8) is 0 Å². The van der Waals surface area contributed by atoms with Gasteiger partial charge in [0.2, 0.25) is 0 Å². The first kappa shape index (κ1) is 10.2. The van der Waals surface area contributed by atoms with E-state index in [1.807, 2.05) is 0 Å². The summed E-state index contributed by atoms with van der Waals surface area (Å²) in [7, 11) is 1.41. The second-order valence-corrected chi connectivity index (χ2v) is 3.44. The van der Waals surface area contributed by atoms with E-state index in [9.17, 15) is 18.0 Å². The van der Waals surface area contributed by atoms with Gasteiger partial charge in [0.15, 0.2) is 0 Å². The molecular formula is C7H6F3NOS. The molecule has 1 rings (SSSR count). The summed E-state index contributed by atoms with van der Waals surface area (Å²) in [6.07, 6.45) is 1.41. The van der Waals surface area contributed by atoms with Crippen LogP contribution in [-0.4, -0.2) is 10.1 Å². The van der Waals surface area contributed by atoms with Gasteiger partial charge in [-0.3, -0.25) is 4.79 Å². The van der Waals surface area contributed by atoms with Gasteiger partial charge in [0.05, 0.1) is 4.90 Å². The van der Waals surface area contributed by atoms with Gasteiger partial charge in [-0.2, -0.15) is 13.2 Å². The zero-order valence-electron chi connectivity index (χ0n) is 6.63.